The number of rotatable bonds is 7. The Bertz CT molecular complexity index is 1200. The van der Waals surface area contributed by atoms with Gasteiger partial charge in [0.1, 0.15) is 23.1 Å². The second-order valence-corrected chi connectivity index (χ2v) is 9.16. The number of aryl methyl sites for hydroxylation is 2. The average Bonchev–Trinajstić information content (AvgIpc) is 3.54. The van der Waals surface area contributed by atoms with Crippen molar-refractivity contribution in [1.82, 2.24) is 14.8 Å². The summed E-state index contributed by atoms with van der Waals surface area (Å²) in [6.45, 7) is 2.06. The van der Waals surface area contributed by atoms with Gasteiger partial charge >= 0.3 is 0 Å². The topological polar surface area (TPSA) is 118 Å². The van der Waals surface area contributed by atoms with Gasteiger partial charge in [0.15, 0.2) is 5.65 Å². The highest BCUT2D eigenvalue weighted by Gasteiger charge is 2.30. The molecule has 10 heteroatoms. The van der Waals surface area contributed by atoms with Gasteiger partial charge in [0.05, 0.1) is 29.8 Å². The lowest BCUT2D eigenvalue weighted by Gasteiger charge is -2.23. The Morgan fingerprint density at radius 3 is 2.74 bits per heavy atom. The summed E-state index contributed by atoms with van der Waals surface area (Å²) >= 11 is -1.23. The van der Waals surface area contributed by atoms with Crippen LogP contribution in [0.15, 0.2) is 29.1 Å². The number of nitrogens with one attached hydrogen (secondary N) is 3. The molecule has 1 aliphatic rings. The van der Waals surface area contributed by atoms with Gasteiger partial charge in [-0.15, -0.1) is 0 Å². The number of pyridine rings is 1. The molecule has 164 valence electrons. The van der Waals surface area contributed by atoms with Crippen LogP contribution in [0.4, 0.5) is 22.9 Å². The number of hydrogen-bond donors (Lipinski definition) is 3. The largest absolute Gasteiger partial charge is 0.593 e. The summed E-state index contributed by atoms with van der Waals surface area (Å²) < 4.78 is 15.2. The number of H-pyrrole nitrogens is 1. The van der Waals surface area contributed by atoms with Gasteiger partial charge < -0.3 is 15.2 Å². The summed E-state index contributed by atoms with van der Waals surface area (Å²) in [5.41, 5.74) is 3.21. The average molecular weight is 443 g/mol. The fourth-order valence-corrected chi connectivity index (χ4v) is 3.83. The van der Waals surface area contributed by atoms with Crippen LogP contribution in [0, 0.1) is 5.92 Å². The molecule has 1 amide bonds. The third-order valence-electron chi connectivity index (χ3n) is 5.48. The van der Waals surface area contributed by atoms with Crippen molar-refractivity contribution in [3.63, 3.8) is 0 Å². The summed E-state index contributed by atoms with van der Waals surface area (Å²) in [6, 6.07) is 7.54. The van der Waals surface area contributed by atoms with Crippen molar-refractivity contribution in [1.29, 1.82) is 0 Å². The number of carbonyl (C=O) groups is 1. The molecule has 31 heavy (non-hydrogen) atoms. The van der Waals surface area contributed by atoms with Gasteiger partial charge in [-0.25, -0.2) is 4.98 Å². The van der Waals surface area contributed by atoms with Gasteiger partial charge in [0.25, 0.3) is 5.56 Å². The molecule has 4 rings (SSSR count). The number of benzene rings is 1. The van der Waals surface area contributed by atoms with Gasteiger partial charge in [0.2, 0.25) is 5.91 Å². The smallest absolute Gasteiger partial charge is 0.277 e. The van der Waals surface area contributed by atoms with E-state index in [1.54, 1.807) is 30.7 Å². The van der Waals surface area contributed by atoms with Crippen LogP contribution in [-0.4, -0.2) is 38.5 Å². The van der Waals surface area contributed by atoms with Gasteiger partial charge in [-0.05, 0) is 37.0 Å². The molecule has 1 unspecified atom stereocenters. The van der Waals surface area contributed by atoms with Crippen molar-refractivity contribution in [2.45, 2.75) is 26.2 Å². The van der Waals surface area contributed by atoms with Crippen molar-refractivity contribution in [2.24, 2.45) is 13.0 Å². The summed E-state index contributed by atoms with van der Waals surface area (Å²) in [4.78, 5) is 29.4. The van der Waals surface area contributed by atoms with Crippen LogP contribution in [0.3, 0.4) is 0 Å². The van der Waals surface area contributed by atoms with Crippen molar-refractivity contribution < 1.29 is 9.35 Å². The first-order valence-corrected chi connectivity index (χ1v) is 11.7. The first-order valence-electron chi connectivity index (χ1n) is 10.2. The second kappa shape index (κ2) is 8.27. The third kappa shape index (κ3) is 4.26. The zero-order chi connectivity index (χ0) is 22.3. The maximum Gasteiger partial charge on any atom is 0.277 e. The van der Waals surface area contributed by atoms with E-state index in [1.807, 2.05) is 18.2 Å². The molecule has 9 nitrogen and oxygen atoms in total. The van der Waals surface area contributed by atoms with Crippen molar-refractivity contribution in [3.05, 3.63) is 40.2 Å². The Balaban J connectivity index is 1.80. The normalized spacial score (nSPS) is 14.5. The second-order valence-electron chi connectivity index (χ2n) is 7.77. The number of fused-ring (bicyclic) bond motifs is 1. The van der Waals surface area contributed by atoms with Crippen LogP contribution in [0.5, 0.6) is 0 Å². The molecule has 3 N–H and O–H groups in total. The number of amides is 1. The van der Waals surface area contributed by atoms with E-state index in [2.05, 4.69) is 27.6 Å². The van der Waals surface area contributed by atoms with E-state index in [0.717, 1.165) is 30.5 Å². The number of carbonyl (C=O) groups excluding carboxylic acids is 1. The van der Waals surface area contributed by atoms with Crippen LogP contribution in [0.1, 0.15) is 25.3 Å². The summed E-state index contributed by atoms with van der Waals surface area (Å²) in [7, 11) is 3.38. The molecule has 1 atom stereocenters. The molecule has 0 aliphatic heterocycles. The molecule has 2 heterocycles. The molecule has 0 saturated heterocycles. The number of nitrogens with zero attached hydrogens (tertiary/aromatic N) is 3. The Morgan fingerprint density at radius 2 is 2.10 bits per heavy atom. The number of aromatic amines is 1. The molecule has 1 aliphatic carbocycles. The summed E-state index contributed by atoms with van der Waals surface area (Å²) in [5, 5.41) is 9.47. The molecular formula is C21H26N6O3S. The fraction of sp³-hybridized carbons (Fsp3) is 0.381. The van der Waals surface area contributed by atoms with E-state index >= 15 is 0 Å². The highest BCUT2D eigenvalue weighted by molar-refractivity contribution is 7.92. The minimum Gasteiger partial charge on any atom is -0.593 e. The van der Waals surface area contributed by atoms with Gasteiger partial charge in [0, 0.05) is 19.0 Å². The number of aromatic nitrogens is 3. The molecule has 0 spiro atoms. The van der Waals surface area contributed by atoms with Gasteiger partial charge in [-0.2, -0.15) is 4.31 Å². The van der Waals surface area contributed by atoms with Crippen LogP contribution in [0.25, 0.3) is 11.0 Å². The van der Waals surface area contributed by atoms with Crippen LogP contribution in [0.2, 0.25) is 0 Å². The Hall–Kier alpha value is -2.98. The highest BCUT2D eigenvalue weighted by Crippen LogP contribution is 2.34. The van der Waals surface area contributed by atoms with Crippen LogP contribution >= 0.6 is 0 Å². The lowest BCUT2D eigenvalue weighted by atomic mass is 10.1. The summed E-state index contributed by atoms with van der Waals surface area (Å²) in [5.74, 6) is 0.336. The zero-order valence-corrected chi connectivity index (χ0v) is 18.8. The monoisotopic (exact) mass is 442 g/mol. The molecule has 0 radical (unpaired) electrons. The molecule has 2 aromatic heterocycles. The first-order chi connectivity index (χ1) is 14.8. The third-order valence-corrected chi connectivity index (χ3v) is 6.44. The molecule has 1 fully saturated rings. The van der Waals surface area contributed by atoms with E-state index in [-0.39, 0.29) is 17.4 Å². The molecule has 3 aromatic rings. The Morgan fingerprint density at radius 1 is 1.35 bits per heavy atom. The molecule has 1 aromatic carbocycles. The van der Waals surface area contributed by atoms with E-state index in [9.17, 15) is 14.1 Å². The maximum absolute atomic E-state index is 12.7. The minimum absolute atomic E-state index is 0.0325. The minimum atomic E-state index is -1.23. The van der Waals surface area contributed by atoms with Crippen molar-refractivity contribution in [2.75, 3.05) is 28.2 Å². The first kappa shape index (κ1) is 21.3. The van der Waals surface area contributed by atoms with Crippen molar-refractivity contribution in [3.8, 4) is 0 Å². The van der Waals surface area contributed by atoms with Crippen LogP contribution < -0.4 is 20.5 Å². The summed E-state index contributed by atoms with van der Waals surface area (Å²) in [6.07, 6.45) is 4.22. The fourth-order valence-electron chi connectivity index (χ4n) is 3.40. The zero-order valence-electron chi connectivity index (χ0n) is 18.0. The standard InChI is InChI=1S/C21H26N6O3S/c1-5-12-6-9-14(16(10-12)27(3)31(4)30)22-15-11-17(24-20(28)13-7-8-13)23-19-18(15)21(29)26(2)25-19/h6,9-11,13H,5,7-8H2,1-4H3,(H3,22,23,24,25,28). The highest BCUT2D eigenvalue weighted by atomic mass is 32.2. The number of hydrogen-bond acceptors (Lipinski definition) is 6. The van der Waals surface area contributed by atoms with Crippen LogP contribution in [-0.2, 0) is 29.6 Å². The molecule has 0 bridgehead atoms. The Kier molecular flexibility index (Phi) is 5.67. The van der Waals surface area contributed by atoms with Gasteiger partial charge in [-0.1, -0.05) is 13.0 Å². The lowest BCUT2D eigenvalue weighted by Crippen LogP contribution is -2.25. The Labute approximate surface area is 183 Å². The van der Waals surface area contributed by atoms with E-state index < -0.39 is 11.4 Å². The maximum atomic E-state index is 12.7. The number of anilines is 4. The van der Waals surface area contributed by atoms with E-state index in [1.165, 1.54) is 4.68 Å². The lowest BCUT2D eigenvalue weighted by molar-refractivity contribution is -0.117. The van der Waals surface area contributed by atoms with E-state index in [0.29, 0.717) is 28.2 Å². The predicted molar refractivity (Wildman–Crippen MR) is 124 cm³/mol. The van der Waals surface area contributed by atoms with E-state index in [4.69, 9.17) is 0 Å². The quantitative estimate of drug-likeness (QED) is 0.484. The predicted octanol–water partition coefficient (Wildman–Crippen LogP) is 2.65. The molecule has 1 saturated carbocycles. The van der Waals surface area contributed by atoms with Gasteiger partial charge in [-0.3, -0.25) is 19.4 Å². The molecular weight excluding hydrogens is 416 g/mol. The van der Waals surface area contributed by atoms with Crippen molar-refractivity contribution >= 4 is 51.2 Å². The SMILES string of the molecule is CCc1ccc(Nc2cc(NC(=O)C3CC3)nc3[nH]n(C)c(=O)c23)c(N(C)[S+](C)[O-])c1.